The number of halogens is 1. The summed E-state index contributed by atoms with van der Waals surface area (Å²) in [6, 6.07) is 16.0. The highest BCUT2D eigenvalue weighted by atomic mass is 127. The number of nitrogens with zero attached hydrogens (tertiary/aromatic N) is 1. The van der Waals surface area contributed by atoms with E-state index in [1.165, 1.54) is 0 Å². The van der Waals surface area contributed by atoms with Crippen molar-refractivity contribution in [3.05, 3.63) is 59.7 Å². The molecule has 2 aromatic carbocycles. The van der Waals surface area contributed by atoms with Crippen LogP contribution in [0.25, 0.3) is 0 Å². The van der Waals surface area contributed by atoms with Gasteiger partial charge in [0, 0.05) is 32.8 Å². The number of guanidine groups is 1. The second-order valence-electron chi connectivity index (χ2n) is 5.37. The van der Waals surface area contributed by atoms with E-state index in [1.54, 1.807) is 14.2 Å². The molecule has 5 nitrogen and oxygen atoms in total. The SMILES string of the molecule is CN=C(NCCOC)NCc1ccc(C)cc1Oc1ccccc1.I. The number of nitrogens with one attached hydrogen (secondary N) is 2. The quantitative estimate of drug-likeness (QED) is 0.289. The minimum atomic E-state index is 0. The van der Waals surface area contributed by atoms with Crippen LogP contribution >= 0.6 is 24.0 Å². The van der Waals surface area contributed by atoms with E-state index in [-0.39, 0.29) is 24.0 Å². The van der Waals surface area contributed by atoms with Crippen molar-refractivity contribution in [2.75, 3.05) is 27.3 Å². The molecular formula is C19H26IN3O2. The predicted molar refractivity (Wildman–Crippen MR) is 113 cm³/mol. The first-order valence-corrected chi connectivity index (χ1v) is 7.99. The average molecular weight is 455 g/mol. The molecule has 0 aliphatic rings. The molecule has 0 aliphatic heterocycles. The summed E-state index contributed by atoms with van der Waals surface area (Å²) in [5, 5.41) is 6.49. The summed E-state index contributed by atoms with van der Waals surface area (Å²) < 4.78 is 11.1. The van der Waals surface area contributed by atoms with E-state index in [0.717, 1.165) is 28.6 Å². The summed E-state index contributed by atoms with van der Waals surface area (Å²) >= 11 is 0. The Bertz CT molecular complexity index is 663. The molecule has 0 saturated heterocycles. The zero-order chi connectivity index (χ0) is 17.2. The van der Waals surface area contributed by atoms with Crippen LogP contribution in [0.1, 0.15) is 11.1 Å². The van der Waals surface area contributed by atoms with Crippen LogP contribution in [-0.4, -0.2) is 33.3 Å². The smallest absolute Gasteiger partial charge is 0.191 e. The van der Waals surface area contributed by atoms with Crippen molar-refractivity contribution in [3.63, 3.8) is 0 Å². The third kappa shape index (κ3) is 7.31. The number of hydrogen-bond acceptors (Lipinski definition) is 3. The number of aryl methyl sites for hydroxylation is 1. The topological polar surface area (TPSA) is 54.9 Å². The second kappa shape index (κ2) is 11.7. The molecule has 2 N–H and O–H groups in total. The van der Waals surface area contributed by atoms with Gasteiger partial charge in [-0.3, -0.25) is 4.99 Å². The number of ether oxygens (including phenoxy) is 2. The van der Waals surface area contributed by atoms with Crippen LogP contribution in [0, 0.1) is 6.92 Å². The largest absolute Gasteiger partial charge is 0.457 e. The van der Waals surface area contributed by atoms with Crippen molar-refractivity contribution in [1.82, 2.24) is 10.6 Å². The molecule has 2 rings (SSSR count). The minimum Gasteiger partial charge on any atom is -0.457 e. The van der Waals surface area contributed by atoms with E-state index in [0.29, 0.717) is 19.7 Å². The maximum absolute atomic E-state index is 6.03. The van der Waals surface area contributed by atoms with Crippen molar-refractivity contribution >= 4 is 29.9 Å². The molecule has 0 atom stereocenters. The average Bonchev–Trinajstić information content (AvgIpc) is 2.60. The molecule has 6 heteroatoms. The zero-order valence-corrected chi connectivity index (χ0v) is 17.2. The number of para-hydroxylation sites is 1. The van der Waals surface area contributed by atoms with Gasteiger partial charge >= 0.3 is 0 Å². The van der Waals surface area contributed by atoms with E-state index in [4.69, 9.17) is 9.47 Å². The maximum Gasteiger partial charge on any atom is 0.191 e. The predicted octanol–water partition coefficient (Wildman–Crippen LogP) is 3.72. The Morgan fingerprint density at radius 1 is 1.08 bits per heavy atom. The third-order valence-corrected chi connectivity index (χ3v) is 3.46. The summed E-state index contributed by atoms with van der Waals surface area (Å²) in [7, 11) is 3.43. The number of methoxy groups -OCH3 is 1. The van der Waals surface area contributed by atoms with E-state index in [2.05, 4.69) is 34.7 Å². The van der Waals surface area contributed by atoms with Gasteiger partial charge in [0.15, 0.2) is 5.96 Å². The van der Waals surface area contributed by atoms with Crippen molar-refractivity contribution < 1.29 is 9.47 Å². The van der Waals surface area contributed by atoms with E-state index in [9.17, 15) is 0 Å². The van der Waals surface area contributed by atoms with Gasteiger partial charge in [0.25, 0.3) is 0 Å². The summed E-state index contributed by atoms with van der Waals surface area (Å²) in [5.74, 6) is 2.41. The first-order chi connectivity index (χ1) is 11.7. The molecule has 0 heterocycles. The Balaban J connectivity index is 0.00000312. The fourth-order valence-corrected chi connectivity index (χ4v) is 2.19. The molecule has 0 radical (unpaired) electrons. The van der Waals surface area contributed by atoms with Crippen LogP contribution < -0.4 is 15.4 Å². The van der Waals surface area contributed by atoms with Crippen molar-refractivity contribution in [1.29, 1.82) is 0 Å². The third-order valence-electron chi connectivity index (χ3n) is 3.46. The first-order valence-electron chi connectivity index (χ1n) is 7.99. The first kappa shape index (κ1) is 21.2. The van der Waals surface area contributed by atoms with E-state index < -0.39 is 0 Å². The van der Waals surface area contributed by atoms with Gasteiger partial charge in [0.1, 0.15) is 11.5 Å². The van der Waals surface area contributed by atoms with Crippen LogP contribution in [0.15, 0.2) is 53.5 Å². The highest BCUT2D eigenvalue weighted by Crippen LogP contribution is 2.26. The van der Waals surface area contributed by atoms with Crippen LogP contribution in [0.5, 0.6) is 11.5 Å². The van der Waals surface area contributed by atoms with E-state index in [1.807, 2.05) is 36.4 Å². The zero-order valence-electron chi connectivity index (χ0n) is 14.9. The second-order valence-corrected chi connectivity index (χ2v) is 5.37. The van der Waals surface area contributed by atoms with Crippen molar-refractivity contribution in [2.24, 2.45) is 4.99 Å². The highest BCUT2D eigenvalue weighted by Gasteiger charge is 2.07. The fourth-order valence-electron chi connectivity index (χ4n) is 2.19. The lowest BCUT2D eigenvalue weighted by atomic mass is 10.1. The molecule has 0 fully saturated rings. The molecule has 0 unspecified atom stereocenters. The van der Waals surface area contributed by atoms with Gasteiger partial charge in [-0.2, -0.15) is 0 Å². The van der Waals surface area contributed by atoms with Crippen LogP contribution in [0.3, 0.4) is 0 Å². The molecule has 0 aromatic heterocycles. The maximum atomic E-state index is 6.03. The summed E-state index contributed by atoms with van der Waals surface area (Å²) in [6.07, 6.45) is 0. The normalized spacial score (nSPS) is 10.8. The van der Waals surface area contributed by atoms with Gasteiger partial charge in [0.05, 0.1) is 6.61 Å². The van der Waals surface area contributed by atoms with Gasteiger partial charge in [-0.05, 0) is 30.7 Å². The highest BCUT2D eigenvalue weighted by molar-refractivity contribution is 14.0. The Kier molecular flexibility index (Phi) is 9.94. The van der Waals surface area contributed by atoms with Crippen LogP contribution in [-0.2, 0) is 11.3 Å². The fraction of sp³-hybridized carbons (Fsp3) is 0.316. The van der Waals surface area contributed by atoms with Gasteiger partial charge < -0.3 is 20.1 Å². The molecule has 2 aromatic rings. The van der Waals surface area contributed by atoms with Gasteiger partial charge in [-0.25, -0.2) is 0 Å². The van der Waals surface area contributed by atoms with Crippen LogP contribution in [0.2, 0.25) is 0 Å². The molecule has 0 bridgehead atoms. The molecule has 25 heavy (non-hydrogen) atoms. The summed E-state index contributed by atoms with van der Waals surface area (Å²) in [5.41, 5.74) is 2.23. The Morgan fingerprint density at radius 2 is 1.84 bits per heavy atom. The molecule has 136 valence electrons. The number of rotatable bonds is 7. The molecule has 0 spiro atoms. The van der Waals surface area contributed by atoms with Crippen molar-refractivity contribution in [2.45, 2.75) is 13.5 Å². The molecule has 0 aliphatic carbocycles. The summed E-state index contributed by atoms with van der Waals surface area (Å²) in [4.78, 5) is 4.20. The van der Waals surface area contributed by atoms with Gasteiger partial charge in [-0.15, -0.1) is 24.0 Å². The monoisotopic (exact) mass is 455 g/mol. The molecule has 0 amide bonds. The van der Waals surface area contributed by atoms with Gasteiger partial charge in [-0.1, -0.05) is 30.3 Å². The number of benzene rings is 2. The number of aliphatic imine (C=N–C) groups is 1. The number of hydrogen-bond donors (Lipinski definition) is 2. The standard InChI is InChI=1S/C19H25N3O2.HI/c1-15-9-10-16(14-22-19(20-2)21-11-12-23-3)18(13-15)24-17-7-5-4-6-8-17;/h4-10,13H,11-12,14H2,1-3H3,(H2,20,21,22);1H. The van der Waals surface area contributed by atoms with Crippen molar-refractivity contribution in [3.8, 4) is 11.5 Å². The van der Waals surface area contributed by atoms with Gasteiger partial charge in [0.2, 0.25) is 0 Å². The van der Waals surface area contributed by atoms with E-state index >= 15 is 0 Å². The Morgan fingerprint density at radius 3 is 2.52 bits per heavy atom. The minimum absolute atomic E-state index is 0. The Labute approximate surface area is 166 Å². The lowest BCUT2D eigenvalue weighted by Crippen LogP contribution is -2.38. The Hall–Kier alpha value is -1.80. The molecular weight excluding hydrogens is 429 g/mol. The lowest BCUT2D eigenvalue weighted by molar-refractivity contribution is 0.203. The lowest BCUT2D eigenvalue weighted by Gasteiger charge is -2.15. The van der Waals surface area contributed by atoms with Crippen LogP contribution in [0.4, 0.5) is 0 Å². The molecule has 0 saturated carbocycles. The summed E-state index contributed by atoms with van der Waals surface area (Å²) in [6.45, 7) is 4.01.